The van der Waals surface area contributed by atoms with Crippen molar-refractivity contribution in [2.75, 3.05) is 26.4 Å². The van der Waals surface area contributed by atoms with Crippen LogP contribution in [0.25, 0.3) is 0 Å². The highest BCUT2D eigenvalue weighted by molar-refractivity contribution is 7.47. The summed E-state index contributed by atoms with van der Waals surface area (Å²) in [5.74, 6) is -1.83. The van der Waals surface area contributed by atoms with E-state index in [1.807, 2.05) is 0 Å². The molecule has 0 saturated heterocycles. The Bertz CT molecular complexity index is 1070. The largest absolute Gasteiger partial charge is 0.480 e. The van der Waals surface area contributed by atoms with E-state index in [1.165, 1.54) is 12.8 Å². The summed E-state index contributed by atoms with van der Waals surface area (Å²) < 4.78 is 33.1. The van der Waals surface area contributed by atoms with E-state index in [1.54, 1.807) is 0 Å². The van der Waals surface area contributed by atoms with Gasteiger partial charge < -0.3 is 25.2 Å². The quantitative estimate of drug-likeness (QED) is 0.0253. The van der Waals surface area contributed by atoms with E-state index in [2.05, 4.69) is 91.3 Å². The summed E-state index contributed by atoms with van der Waals surface area (Å²) in [4.78, 5) is 33.4. The zero-order chi connectivity index (χ0) is 37.0. The average Bonchev–Trinajstić information content (AvgIpc) is 3.09. The topological polar surface area (TPSA) is 155 Å². The Kier molecular flexibility index (Phi) is 33.0. The number of phosphoric ester groups is 1. The molecule has 0 aliphatic carbocycles. The standard InChI is InChI=1S/C39H66NO9P/c1-3-5-7-9-11-13-15-17-19-21-23-25-27-29-31-38(41)49-36(34-47-50(44,45)48-35-37(40)39(42)43)33-46-32-30-28-26-24-22-20-18-16-14-12-10-8-6-4-2/h6,8-9,11-12,14-15,17-18,20,24,26,36-37H,3-5,7,10,13,16,19,21-23,25,27-35,40H2,1-2H3,(H,42,43)(H,44,45)/b8-6-,11-9-,14-12-,17-15-,20-18-,26-24-. The van der Waals surface area contributed by atoms with E-state index in [9.17, 15) is 19.0 Å². The van der Waals surface area contributed by atoms with Crippen molar-refractivity contribution in [3.8, 4) is 0 Å². The molecule has 0 bridgehead atoms. The number of nitrogens with two attached hydrogens (primary N) is 1. The van der Waals surface area contributed by atoms with Crippen LogP contribution in [0.4, 0.5) is 0 Å². The van der Waals surface area contributed by atoms with E-state index in [0.29, 0.717) is 13.0 Å². The number of rotatable bonds is 34. The van der Waals surface area contributed by atoms with Crippen molar-refractivity contribution in [2.45, 2.75) is 135 Å². The number of hydrogen-bond donors (Lipinski definition) is 3. The van der Waals surface area contributed by atoms with E-state index < -0.39 is 45.1 Å². The van der Waals surface area contributed by atoms with Crippen molar-refractivity contribution in [1.29, 1.82) is 0 Å². The van der Waals surface area contributed by atoms with Gasteiger partial charge in [0.1, 0.15) is 12.1 Å². The van der Waals surface area contributed by atoms with Gasteiger partial charge in [0.25, 0.3) is 0 Å². The summed E-state index contributed by atoms with van der Waals surface area (Å²) >= 11 is 0. The highest BCUT2D eigenvalue weighted by Crippen LogP contribution is 2.43. The third kappa shape index (κ3) is 33.9. The fraction of sp³-hybridized carbons (Fsp3) is 0.641. The second-order valence-corrected chi connectivity index (χ2v) is 13.4. The summed E-state index contributed by atoms with van der Waals surface area (Å²) in [6.45, 7) is 3.52. The lowest BCUT2D eigenvalue weighted by Crippen LogP contribution is -2.34. The number of carboxylic acid groups (broad SMARTS) is 1. The molecule has 0 aromatic heterocycles. The number of aliphatic carboxylic acids is 1. The zero-order valence-corrected chi connectivity index (χ0v) is 31.6. The Morgan fingerprint density at radius 3 is 1.74 bits per heavy atom. The van der Waals surface area contributed by atoms with Crippen molar-refractivity contribution in [3.05, 3.63) is 72.9 Å². The first kappa shape index (κ1) is 47.4. The van der Waals surface area contributed by atoms with Crippen LogP contribution in [-0.4, -0.2) is 60.5 Å². The summed E-state index contributed by atoms with van der Waals surface area (Å²) in [6, 6.07) is -1.49. The van der Waals surface area contributed by atoms with Gasteiger partial charge in [0.2, 0.25) is 0 Å². The van der Waals surface area contributed by atoms with Crippen LogP contribution in [-0.2, 0) is 32.7 Å². The Hall–Kier alpha value is -2.59. The second-order valence-electron chi connectivity index (χ2n) is 12.0. The van der Waals surface area contributed by atoms with E-state index >= 15 is 0 Å². The molecule has 0 aliphatic rings. The SMILES string of the molecule is CC/C=C\C/C=C\C/C=C\C/C=C\CCCOCC(COP(=O)(O)OCC(N)C(=O)O)OC(=O)CCCCCCC/C=C\C/C=C\CCCC. The lowest BCUT2D eigenvalue weighted by atomic mass is 10.1. The van der Waals surface area contributed by atoms with Crippen LogP contribution in [0.3, 0.4) is 0 Å². The first-order chi connectivity index (χ1) is 24.2. The number of allylic oxidation sites excluding steroid dienone is 12. The minimum absolute atomic E-state index is 0.0311. The number of esters is 1. The monoisotopic (exact) mass is 723 g/mol. The van der Waals surface area contributed by atoms with E-state index in [4.69, 9.17) is 24.8 Å². The number of carbonyl (C=O) groups is 2. The molecule has 0 heterocycles. The van der Waals surface area contributed by atoms with Crippen molar-refractivity contribution >= 4 is 19.8 Å². The molecule has 0 amide bonds. The molecule has 10 nitrogen and oxygen atoms in total. The molecular formula is C39H66NO9P. The molecule has 0 aromatic carbocycles. The van der Waals surface area contributed by atoms with Crippen molar-refractivity contribution in [3.63, 3.8) is 0 Å². The van der Waals surface area contributed by atoms with Gasteiger partial charge in [-0.2, -0.15) is 0 Å². The maximum atomic E-state index is 12.5. The molecule has 0 radical (unpaired) electrons. The minimum atomic E-state index is -4.63. The second kappa shape index (κ2) is 34.8. The van der Waals surface area contributed by atoms with Crippen molar-refractivity contribution in [1.82, 2.24) is 0 Å². The van der Waals surface area contributed by atoms with Gasteiger partial charge in [0.15, 0.2) is 0 Å². The summed E-state index contributed by atoms with van der Waals surface area (Å²) in [6.07, 6.45) is 41.1. The van der Waals surface area contributed by atoms with E-state index in [-0.39, 0.29) is 13.0 Å². The molecular weight excluding hydrogens is 657 g/mol. The van der Waals surface area contributed by atoms with Crippen LogP contribution >= 0.6 is 7.82 Å². The minimum Gasteiger partial charge on any atom is -0.480 e. The van der Waals surface area contributed by atoms with Crippen LogP contribution in [0.2, 0.25) is 0 Å². The maximum Gasteiger partial charge on any atom is 0.472 e. The molecule has 0 fully saturated rings. The van der Waals surface area contributed by atoms with Crippen LogP contribution in [0.5, 0.6) is 0 Å². The molecule has 0 saturated carbocycles. The van der Waals surface area contributed by atoms with Crippen molar-refractivity contribution < 1.29 is 42.7 Å². The zero-order valence-electron chi connectivity index (χ0n) is 30.7. The predicted octanol–water partition coefficient (Wildman–Crippen LogP) is 9.47. The maximum absolute atomic E-state index is 12.5. The van der Waals surface area contributed by atoms with Gasteiger partial charge in [-0.15, -0.1) is 0 Å². The van der Waals surface area contributed by atoms with Crippen LogP contribution in [0.1, 0.15) is 123 Å². The lowest BCUT2D eigenvalue weighted by Gasteiger charge is -2.20. The van der Waals surface area contributed by atoms with Gasteiger partial charge in [-0.3, -0.25) is 18.6 Å². The number of phosphoric acid groups is 1. The highest BCUT2D eigenvalue weighted by atomic mass is 31.2. The third-order valence-electron chi connectivity index (χ3n) is 7.22. The van der Waals surface area contributed by atoms with Gasteiger partial charge in [0.05, 0.1) is 19.8 Å². The van der Waals surface area contributed by atoms with Gasteiger partial charge in [-0.05, 0) is 70.6 Å². The smallest absolute Gasteiger partial charge is 0.472 e. The predicted molar refractivity (Wildman–Crippen MR) is 203 cm³/mol. The molecule has 0 aromatic rings. The number of hydrogen-bond acceptors (Lipinski definition) is 8. The molecule has 286 valence electrons. The Balaban J connectivity index is 4.47. The van der Waals surface area contributed by atoms with Gasteiger partial charge >= 0.3 is 19.8 Å². The lowest BCUT2D eigenvalue weighted by molar-refractivity contribution is -0.154. The Morgan fingerprint density at radius 1 is 0.660 bits per heavy atom. The van der Waals surface area contributed by atoms with Gasteiger partial charge in [0, 0.05) is 13.0 Å². The first-order valence-corrected chi connectivity index (χ1v) is 20.0. The molecule has 3 atom stereocenters. The van der Waals surface area contributed by atoms with Crippen LogP contribution in [0.15, 0.2) is 72.9 Å². The Morgan fingerprint density at radius 2 is 1.16 bits per heavy atom. The Labute approximate surface area is 302 Å². The first-order valence-electron chi connectivity index (χ1n) is 18.5. The molecule has 0 rings (SSSR count). The molecule has 3 unspecified atom stereocenters. The van der Waals surface area contributed by atoms with Gasteiger partial charge in [-0.25, -0.2) is 4.57 Å². The molecule has 50 heavy (non-hydrogen) atoms. The normalized spacial score (nSPS) is 15.0. The van der Waals surface area contributed by atoms with E-state index in [0.717, 1.165) is 83.5 Å². The third-order valence-corrected chi connectivity index (χ3v) is 8.17. The fourth-order valence-electron chi connectivity index (χ4n) is 4.33. The number of carbonyl (C=O) groups excluding carboxylic acids is 1. The summed E-state index contributed by atoms with van der Waals surface area (Å²) in [5.41, 5.74) is 5.33. The number of unbranched alkanes of at least 4 members (excludes halogenated alkanes) is 8. The molecule has 0 aliphatic heterocycles. The van der Waals surface area contributed by atoms with Crippen LogP contribution < -0.4 is 5.73 Å². The number of carboxylic acids is 1. The fourth-order valence-corrected chi connectivity index (χ4v) is 5.11. The number of ether oxygens (including phenoxy) is 2. The molecule has 4 N–H and O–H groups in total. The summed E-state index contributed by atoms with van der Waals surface area (Å²) in [7, 11) is -4.63. The van der Waals surface area contributed by atoms with Gasteiger partial charge in [-0.1, -0.05) is 119 Å². The molecule has 0 spiro atoms. The average molecular weight is 724 g/mol. The van der Waals surface area contributed by atoms with Crippen LogP contribution in [0, 0.1) is 0 Å². The highest BCUT2D eigenvalue weighted by Gasteiger charge is 2.27. The van der Waals surface area contributed by atoms with Crippen molar-refractivity contribution in [2.24, 2.45) is 5.73 Å². The molecule has 11 heteroatoms. The summed E-state index contributed by atoms with van der Waals surface area (Å²) in [5, 5.41) is 8.86.